The molecule has 2 aromatic rings. The average molecular weight is 542 g/mol. The molecule has 2 N–H and O–H groups in total. The number of hydrogen-bond donors (Lipinski definition) is 2. The molecule has 0 fully saturated rings. The Bertz CT molecular complexity index is 797. The first-order valence-corrected chi connectivity index (χ1v) is 8.44. The lowest BCUT2D eigenvalue weighted by molar-refractivity contribution is -0.142. The molecule has 158 valence electrons. The maximum atomic E-state index is 12.9. The summed E-state index contributed by atoms with van der Waals surface area (Å²) in [6, 6.07) is 0. The molecular weight excluding hydrogens is 525 g/mol. The maximum Gasteiger partial charge on any atom is 0.435 e. The second kappa shape index (κ2) is 9.76. The van der Waals surface area contributed by atoms with Gasteiger partial charge < -0.3 is 10.6 Å². The third-order valence-corrected chi connectivity index (χ3v) is 4.23. The molecular formula is C14H17F6IN6S. The minimum atomic E-state index is -4.57. The lowest BCUT2D eigenvalue weighted by Crippen LogP contribution is -2.38. The topological polar surface area (TPSA) is 67.1 Å². The third-order valence-electron chi connectivity index (χ3n) is 3.32. The summed E-state index contributed by atoms with van der Waals surface area (Å²) in [6.07, 6.45) is -7.60. The Morgan fingerprint density at radius 1 is 1.18 bits per heavy atom. The molecule has 0 aliphatic carbocycles. The number of rotatable bonds is 5. The van der Waals surface area contributed by atoms with Gasteiger partial charge in [0.05, 0.1) is 5.01 Å². The SMILES string of the molecule is CN=C(NCCc1nc(C(F)(F)F)cs1)NCc1cn(C)nc1C(F)(F)F.I. The van der Waals surface area contributed by atoms with Crippen LogP contribution in [0.4, 0.5) is 26.3 Å². The van der Waals surface area contributed by atoms with Crippen molar-refractivity contribution in [2.45, 2.75) is 25.3 Å². The fourth-order valence-electron chi connectivity index (χ4n) is 2.15. The molecule has 6 nitrogen and oxygen atoms in total. The number of nitrogens with zero attached hydrogens (tertiary/aromatic N) is 4. The maximum absolute atomic E-state index is 12.9. The van der Waals surface area contributed by atoms with Crippen molar-refractivity contribution in [3.05, 3.63) is 33.5 Å². The number of aliphatic imine (C=N–C) groups is 1. The highest BCUT2D eigenvalue weighted by Crippen LogP contribution is 2.31. The van der Waals surface area contributed by atoms with Crippen molar-refractivity contribution in [3.8, 4) is 0 Å². The highest BCUT2D eigenvalue weighted by Gasteiger charge is 2.37. The number of nitrogens with one attached hydrogen (secondary N) is 2. The van der Waals surface area contributed by atoms with E-state index in [1.807, 2.05) is 0 Å². The zero-order chi connectivity index (χ0) is 20.2. The highest BCUT2D eigenvalue weighted by molar-refractivity contribution is 14.0. The quantitative estimate of drug-likeness (QED) is 0.263. The number of alkyl halides is 6. The van der Waals surface area contributed by atoms with Crippen LogP contribution in [0.3, 0.4) is 0 Å². The van der Waals surface area contributed by atoms with Gasteiger partial charge in [0.1, 0.15) is 0 Å². The molecule has 2 aromatic heterocycles. The number of guanidine groups is 1. The van der Waals surface area contributed by atoms with E-state index in [2.05, 4.69) is 25.7 Å². The van der Waals surface area contributed by atoms with Crippen molar-refractivity contribution < 1.29 is 26.3 Å². The van der Waals surface area contributed by atoms with E-state index >= 15 is 0 Å². The van der Waals surface area contributed by atoms with Crippen molar-refractivity contribution in [1.82, 2.24) is 25.4 Å². The molecule has 0 atom stereocenters. The molecule has 0 aliphatic rings. The van der Waals surface area contributed by atoms with E-state index < -0.39 is 23.7 Å². The molecule has 0 saturated heterocycles. The van der Waals surface area contributed by atoms with Crippen LogP contribution in [0.1, 0.15) is 22.0 Å². The summed E-state index contributed by atoms with van der Waals surface area (Å²) >= 11 is 0.886. The average Bonchev–Trinajstić information content (AvgIpc) is 3.16. The van der Waals surface area contributed by atoms with Crippen LogP contribution in [0.15, 0.2) is 16.6 Å². The Hall–Kier alpha value is -1.58. The lowest BCUT2D eigenvalue weighted by atomic mass is 10.2. The van der Waals surface area contributed by atoms with Crippen LogP contribution in [0, 0.1) is 0 Å². The summed E-state index contributed by atoms with van der Waals surface area (Å²) in [4.78, 5) is 7.36. The van der Waals surface area contributed by atoms with Gasteiger partial charge in [-0.2, -0.15) is 31.4 Å². The molecule has 0 saturated carbocycles. The summed E-state index contributed by atoms with van der Waals surface area (Å²) in [6.45, 7) is 0.0431. The van der Waals surface area contributed by atoms with Gasteiger partial charge in [-0.25, -0.2) is 4.98 Å². The minimum Gasteiger partial charge on any atom is -0.356 e. The molecule has 0 aromatic carbocycles. The van der Waals surface area contributed by atoms with E-state index in [-0.39, 0.29) is 60.0 Å². The first-order valence-electron chi connectivity index (χ1n) is 7.56. The second-order valence-electron chi connectivity index (χ2n) is 5.40. The van der Waals surface area contributed by atoms with Crippen LogP contribution >= 0.6 is 35.3 Å². The summed E-state index contributed by atoms with van der Waals surface area (Å²) in [5, 5.41) is 10.2. The van der Waals surface area contributed by atoms with E-state index in [1.165, 1.54) is 20.3 Å². The van der Waals surface area contributed by atoms with E-state index in [1.54, 1.807) is 0 Å². The monoisotopic (exact) mass is 542 g/mol. The zero-order valence-corrected chi connectivity index (χ0v) is 17.8. The third kappa shape index (κ3) is 6.79. The largest absolute Gasteiger partial charge is 0.435 e. The Morgan fingerprint density at radius 3 is 2.39 bits per heavy atom. The van der Waals surface area contributed by atoms with Crippen molar-refractivity contribution in [1.29, 1.82) is 0 Å². The highest BCUT2D eigenvalue weighted by atomic mass is 127. The lowest BCUT2D eigenvalue weighted by Gasteiger charge is -2.12. The van der Waals surface area contributed by atoms with Gasteiger partial charge in [0.15, 0.2) is 17.3 Å². The fourth-order valence-corrected chi connectivity index (χ4v) is 2.95. The summed E-state index contributed by atoms with van der Waals surface area (Å²) < 4.78 is 77.3. The molecule has 0 unspecified atom stereocenters. The van der Waals surface area contributed by atoms with Crippen LogP contribution < -0.4 is 10.6 Å². The molecule has 0 amide bonds. The molecule has 0 bridgehead atoms. The Balaban J connectivity index is 0.00000392. The van der Waals surface area contributed by atoms with Gasteiger partial charge in [0.2, 0.25) is 0 Å². The molecule has 14 heteroatoms. The fraction of sp³-hybridized carbons (Fsp3) is 0.500. The zero-order valence-electron chi connectivity index (χ0n) is 14.6. The van der Waals surface area contributed by atoms with Crippen LogP contribution in [0.25, 0.3) is 0 Å². The van der Waals surface area contributed by atoms with Crippen molar-refractivity contribution >= 4 is 41.3 Å². The summed E-state index contributed by atoms with van der Waals surface area (Å²) in [7, 11) is 2.81. The smallest absolute Gasteiger partial charge is 0.356 e. The van der Waals surface area contributed by atoms with Gasteiger partial charge in [-0.15, -0.1) is 35.3 Å². The minimum absolute atomic E-state index is 0. The van der Waals surface area contributed by atoms with Gasteiger partial charge in [-0.05, 0) is 0 Å². The van der Waals surface area contributed by atoms with Gasteiger partial charge in [0.25, 0.3) is 0 Å². The normalized spacial score (nSPS) is 12.6. The Kier molecular flexibility index (Phi) is 8.52. The summed E-state index contributed by atoms with van der Waals surface area (Å²) in [5.74, 6) is 0.208. The number of aryl methyl sites for hydroxylation is 1. The van der Waals surface area contributed by atoms with Crippen LogP contribution in [-0.2, 0) is 32.4 Å². The number of hydrogen-bond acceptors (Lipinski definition) is 4. The van der Waals surface area contributed by atoms with Crippen LogP contribution in [-0.4, -0.2) is 34.3 Å². The Labute approximate surface area is 177 Å². The van der Waals surface area contributed by atoms with E-state index in [4.69, 9.17) is 0 Å². The first kappa shape index (κ1) is 24.5. The Morgan fingerprint density at radius 2 is 1.86 bits per heavy atom. The van der Waals surface area contributed by atoms with Crippen molar-refractivity contribution in [2.75, 3.05) is 13.6 Å². The predicted molar refractivity (Wildman–Crippen MR) is 103 cm³/mol. The first-order chi connectivity index (χ1) is 12.5. The molecule has 2 rings (SSSR count). The van der Waals surface area contributed by atoms with Crippen molar-refractivity contribution in [3.63, 3.8) is 0 Å². The number of thiazole rings is 1. The summed E-state index contributed by atoms with van der Waals surface area (Å²) in [5.41, 5.74) is -1.99. The van der Waals surface area contributed by atoms with E-state index in [0.29, 0.717) is 0 Å². The number of halogens is 7. The van der Waals surface area contributed by atoms with Gasteiger partial charge in [-0.1, -0.05) is 0 Å². The predicted octanol–water partition coefficient (Wildman–Crippen LogP) is 3.44. The number of aromatic nitrogens is 3. The molecule has 0 radical (unpaired) electrons. The van der Waals surface area contributed by atoms with Gasteiger partial charge in [0, 0.05) is 50.7 Å². The molecule has 0 spiro atoms. The van der Waals surface area contributed by atoms with Crippen LogP contribution in [0.2, 0.25) is 0 Å². The van der Waals surface area contributed by atoms with Gasteiger partial charge >= 0.3 is 12.4 Å². The van der Waals surface area contributed by atoms with Gasteiger partial charge in [-0.3, -0.25) is 9.67 Å². The standard InChI is InChI=1S/C14H16F6N6S.HI/c1-21-12(22-4-3-10-24-9(7-27-10)13(15,16)17)23-5-8-6-26(2)25-11(8)14(18,19)20;/h6-7H,3-5H2,1-2H3,(H2,21,22,23);1H. The second-order valence-corrected chi connectivity index (χ2v) is 6.34. The van der Waals surface area contributed by atoms with Crippen LogP contribution in [0.5, 0.6) is 0 Å². The molecule has 2 heterocycles. The van der Waals surface area contributed by atoms with Crippen molar-refractivity contribution in [2.24, 2.45) is 12.0 Å². The molecule has 28 heavy (non-hydrogen) atoms. The van der Waals surface area contributed by atoms with E-state index in [0.717, 1.165) is 21.4 Å². The van der Waals surface area contributed by atoms with E-state index in [9.17, 15) is 26.3 Å². The molecule has 0 aliphatic heterocycles.